The molecule has 0 heterocycles. The lowest BCUT2D eigenvalue weighted by Gasteiger charge is -2.21. The van der Waals surface area contributed by atoms with Crippen molar-refractivity contribution in [2.75, 3.05) is 6.54 Å². The second kappa shape index (κ2) is 7.06. The first kappa shape index (κ1) is 16.0. The largest absolute Gasteiger partial charge is 0.310 e. The molecule has 1 unspecified atom stereocenters. The number of hydrogen-bond acceptors (Lipinski definition) is 1. The van der Waals surface area contributed by atoms with Gasteiger partial charge in [-0.05, 0) is 55.6 Å². The van der Waals surface area contributed by atoms with Crippen LogP contribution in [0.3, 0.4) is 0 Å². The molecule has 0 aromatic heterocycles. The highest BCUT2D eigenvalue weighted by Crippen LogP contribution is 2.25. The van der Waals surface area contributed by atoms with E-state index in [0.29, 0.717) is 17.0 Å². The van der Waals surface area contributed by atoms with Gasteiger partial charge >= 0.3 is 0 Å². The summed E-state index contributed by atoms with van der Waals surface area (Å²) in [5.74, 6) is -0.241. The SMILES string of the molecule is CCNC(Cc1ccc(Cl)cc1F)c1ccc(C)cc1C. The van der Waals surface area contributed by atoms with Crippen LogP contribution >= 0.6 is 11.6 Å². The molecule has 0 saturated heterocycles. The van der Waals surface area contributed by atoms with Gasteiger partial charge in [0.2, 0.25) is 0 Å². The summed E-state index contributed by atoms with van der Waals surface area (Å²) in [6.45, 7) is 7.09. The fourth-order valence-electron chi connectivity index (χ4n) is 2.66. The molecule has 0 aliphatic rings. The fraction of sp³-hybridized carbons (Fsp3) is 0.333. The molecule has 0 saturated carbocycles. The highest BCUT2D eigenvalue weighted by molar-refractivity contribution is 6.30. The predicted octanol–water partition coefficient (Wildman–Crippen LogP) is 4.99. The van der Waals surface area contributed by atoms with Gasteiger partial charge in [0.15, 0.2) is 0 Å². The Morgan fingerprint density at radius 2 is 1.90 bits per heavy atom. The van der Waals surface area contributed by atoms with E-state index in [-0.39, 0.29) is 11.9 Å². The van der Waals surface area contributed by atoms with Crippen LogP contribution < -0.4 is 5.32 Å². The van der Waals surface area contributed by atoms with Crippen LogP contribution in [0.5, 0.6) is 0 Å². The average molecular weight is 306 g/mol. The zero-order valence-electron chi connectivity index (χ0n) is 12.7. The van der Waals surface area contributed by atoms with Crippen LogP contribution in [0.1, 0.15) is 35.2 Å². The van der Waals surface area contributed by atoms with E-state index >= 15 is 0 Å². The topological polar surface area (TPSA) is 12.0 Å². The minimum absolute atomic E-state index is 0.103. The molecule has 1 nitrogen and oxygen atoms in total. The van der Waals surface area contributed by atoms with Crippen molar-refractivity contribution in [1.82, 2.24) is 5.32 Å². The standard InChI is InChI=1S/C18H21ClFN/c1-4-21-18(16-8-5-12(2)9-13(16)3)10-14-6-7-15(19)11-17(14)20/h5-9,11,18,21H,4,10H2,1-3H3. The molecule has 0 aliphatic heterocycles. The molecule has 0 fully saturated rings. The van der Waals surface area contributed by atoms with Gasteiger partial charge in [-0.15, -0.1) is 0 Å². The highest BCUT2D eigenvalue weighted by Gasteiger charge is 2.15. The second-order valence-electron chi connectivity index (χ2n) is 5.41. The van der Waals surface area contributed by atoms with Crippen molar-refractivity contribution in [1.29, 1.82) is 0 Å². The van der Waals surface area contributed by atoms with Crippen LogP contribution in [0.2, 0.25) is 5.02 Å². The molecule has 112 valence electrons. The Bertz CT molecular complexity index is 625. The Labute approximate surface area is 131 Å². The quantitative estimate of drug-likeness (QED) is 0.820. The van der Waals surface area contributed by atoms with Crippen molar-refractivity contribution < 1.29 is 4.39 Å². The average Bonchev–Trinajstić information content (AvgIpc) is 2.41. The molecule has 1 atom stereocenters. The van der Waals surface area contributed by atoms with E-state index in [0.717, 1.165) is 6.54 Å². The molecule has 1 N–H and O–H groups in total. The van der Waals surface area contributed by atoms with Gasteiger partial charge in [0.25, 0.3) is 0 Å². The Hall–Kier alpha value is -1.38. The number of rotatable bonds is 5. The number of aryl methyl sites for hydroxylation is 2. The Morgan fingerprint density at radius 3 is 2.52 bits per heavy atom. The van der Waals surface area contributed by atoms with Crippen LogP contribution in [0.25, 0.3) is 0 Å². The van der Waals surface area contributed by atoms with E-state index in [2.05, 4.69) is 44.3 Å². The number of nitrogens with one attached hydrogen (secondary N) is 1. The van der Waals surface area contributed by atoms with Gasteiger partial charge in [-0.3, -0.25) is 0 Å². The smallest absolute Gasteiger partial charge is 0.127 e. The summed E-state index contributed by atoms with van der Waals surface area (Å²) in [4.78, 5) is 0. The maximum Gasteiger partial charge on any atom is 0.127 e. The molecule has 21 heavy (non-hydrogen) atoms. The minimum Gasteiger partial charge on any atom is -0.310 e. The van der Waals surface area contributed by atoms with Crippen LogP contribution in [0, 0.1) is 19.7 Å². The summed E-state index contributed by atoms with van der Waals surface area (Å²) in [5.41, 5.74) is 4.38. The number of likely N-dealkylation sites (N-methyl/N-ethyl adjacent to an activating group) is 1. The normalized spacial score (nSPS) is 12.4. The third-order valence-corrected chi connectivity index (χ3v) is 3.93. The minimum atomic E-state index is -0.241. The molecular weight excluding hydrogens is 285 g/mol. The van der Waals surface area contributed by atoms with Gasteiger partial charge in [0.05, 0.1) is 0 Å². The molecule has 2 aromatic carbocycles. The molecule has 0 bridgehead atoms. The monoisotopic (exact) mass is 305 g/mol. The Morgan fingerprint density at radius 1 is 1.14 bits per heavy atom. The molecule has 2 aromatic rings. The molecule has 0 amide bonds. The predicted molar refractivity (Wildman–Crippen MR) is 87.4 cm³/mol. The van der Waals surface area contributed by atoms with Gasteiger partial charge in [-0.1, -0.05) is 48.4 Å². The molecule has 0 radical (unpaired) electrons. The third kappa shape index (κ3) is 4.05. The molecule has 0 spiro atoms. The van der Waals surface area contributed by atoms with Crippen molar-refractivity contribution in [3.8, 4) is 0 Å². The number of benzene rings is 2. The Balaban J connectivity index is 2.30. The van der Waals surface area contributed by atoms with E-state index in [9.17, 15) is 4.39 Å². The fourth-order valence-corrected chi connectivity index (χ4v) is 2.82. The lowest BCUT2D eigenvalue weighted by molar-refractivity contribution is 0.526. The van der Waals surface area contributed by atoms with E-state index in [1.54, 1.807) is 12.1 Å². The first-order valence-corrected chi connectivity index (χ1v) is 7.63. The van der Waals surface area contributed by atoms with Crippen LogP contribution in [0.4, 0.5) is 4.39 Å². The van der Waals surface area contributed by atoms with Crippen LogP contribution in [-0.4, -0.2) is 6.54 Å². The first-order valence-electron chi connectivity index (χ1n) is 7.25. The van der Waals surface area contributed by atoms with Crippen molar-refractivity contribution in [2.24, 2.45) is 0 Å². The first-order chi connectivity index (χ1) is 10.0. The van der Waals surface area contributed by atoms with Crippen molar-refractivity contribution in [3.05, 3.63) is 69.5 Å². The summed E-state index contributed by atoms with van der Waals surface area (Å²) < 4.78 is 14.0. The molecule has 3 heteroatoms. The number of hydrogen-bond donors (Lipinski definition) is 1. The maximum absolute atomic E-state index is 14.0. The summed E-state index contributed by atoms with van der Waals surface area (Å²) >= 11 is 5.82. The van der Waals surface area contributed by atoms with Crippen LogP contribution in [-0.2, 0) is 6.42 Å². The summed E-state index contributed by atoms with van der Waals surface area (Å²) in [6.07, 6.45) is 0.612. The van der Waals surface area contributed by atoms with Gasteiger partial charge in [-0.2, -0.15) is 0 Å². The summed E-state index contributed by atoms with van der Waals surface area (Å²) in [7, 11) is 0. The van der Waals surface area contributed by atoms with Gasteiger partial charge in [0, 0.05) is 11.1 Å². The van der Waals surface area contributed by atoms with E-state index in [1.165, 1.54) is 22.8 Å². The van der Waals surface area contributed by atoms with Crippen molar-refractivity contribution >= 4 is 11.6 Å². The lowest BCUT2D eigenvalue weighted by atomic mass is 9.94. The molecule has 0 aliphatic carbocycles. The number of halogens is 2. The zero-order valence-corrected chi connectivity index (χ0v) is 13.5. The second-order valence-corrected chi connectivity index (χ2v) is 5.85. The van der Waals surface area contributed by atoms with Gasteiger partial charge in [0.1, 0.15) is 5.82 Å². The van der Waals surface area contributed by atoms with Gasteiger partial charge in [-0.25, -0.2) is 4.39 Å². The van der Waals surface area contributed by atoms with E-state index in [4.69, 9.17) is 11.6 Å². The summed E-state index contributed by atoms with van der Waals surface area (Å²) in [6, 6.07) is 11.4. The lowest BCUT2D eigenvalue weighted by Crippen LogP contribution is -2.24. The van der Waals surface area contributed by atoms with Gasteiger partial charge < -0.3 is 5.32 Å². The summed E-state index contributed by atoms with van der Waals surface area (Å²) in [5, 5.41) is 3.88. The van der Waals surface area contributed by atoms with Crippen molar-refractivity contribution in [3.63, 3.8) is 0 Å². The maximum atomic E-state index is 14.0. The molecule has 2 rings (SSSR count). The molecular formula is C18H21ClFN. The third-order valence-electron chi connectivity index (χ3n) is 3.69. The Kier molecular flexibility index (Phi) is 5.38. The highest BCUT2D eigenvalue weighted by atomic mass is 35.5. The van der Waals surface area contributed by atoms with E-state index < -0.39 is 0 Å². The van der Waals surface area contributed by atoms with E-state index in [1.807, 2.05) is 0 Å². The zero-order chi connectivity index (χ0) is 15.4. The van der Waals surface area contributed by atoms with Crippen LogP contribution in [0.15, 0.2) is 36.4 Å². The van der Waals surface area contributed by atoms with Crippen molar-refractivity contribution in [2.45, 2.75) is 33.2 Å².